The summed E-state index contributed by atoms with van der Waals surface area (Å²) in [7, 11) is -3.96. The van der Waals surface area contributed by atoms with Crippen LogP contribution >= 0.6 is 0 Å². The molecule has 1 N–H and O–H groups in total. The zero-order valence-electron chi connectivity index (χ0n) is 10.8. The van der Waals surface area contributed by atoms with Gasteiger partial charge in [0, 0.05) is 6.54 Å². The Hall–Kier alpha value is -1.86. The molecule has 0 heterocycles. The van der Waals surface area contributed by atoms with Crippen molar-refractivity contribution in [3.05, 3.63) is 65.5 Å². The predicted molar refractivity (Wildman–Crippen MR) is 71.7 cm³/mol. The summed E-state index contributed by atoms with van der Waals surface area (Å²) in [6, 6.07) is 8.29. The minimum atomic E-state index is -3.96. The lowest BCUT2D eigenvalue weighted by molar-refractivity contribution is 0.504. The van der Waals surface area contributed by atoms with Gasteiger partial charge >= 0.3 is 0 Å². The number of halogens is 3. The van der Waals surface area contributed by atoms with Crippen molar-refractivity contribution in [2.45, 2.75) is 11.3 Å². The molecule has 0 saturated heterocycles. The van der Waals surface area contributed by atoms with Crippen LogP contribution in [0.1, 0.15) is 5.56 Å². The molecule has 0 unspecified atom stereocenters. The molecule has 0 aliphatic heterocycles. The van der Waals surface area contributed by atoms with Gasteiger partial charge in [0.05, 0.1) is 4.90 Å². The van der Waals surface area contributed by atoms with Gasteiger partial charge in [-0.05, 0) is 36.2 Å². The Bertz CT molecular complexity index is 748. The number of benzene rings is 2. The second kappa shape index (κ2) is 6.28. The van der Waals surface area contributed by atoms with E-state index in [0.717, 1.165) is 12.1 Å². The van der Waals surface area contributed by atoms with Crippen LogP contribution in [-0.4, -0.2) is 15.0 Å². The molecule has 0 aliphatic carbocycles. The van der Waals surface area contributed by atoms with Crippen LogP contribution < -0.4 is 4.72 Å². The van der Waals surface area contributed by atoms with E-state index in [1.807, 2.05) is 0 Å². The van der Waals surface area contributed by atoms with Crippen LogP contribution in [0.5, 0.6) is 0 Å². The van der Waals surface area contributed by atoms with Crippen LogP contribution in [0.4, 0.5) is 13.2 Å². The van der Waals surface area contributed by atoms with Gasteiger partial charge in [0.15, 0.2) is 11.6 Å². The Morgan fingerprint density at radius 1 is 0.905 bits per heavy atom. The van der Waals surface area contributed by atoms with Gasteiger partial charge < -0.3 is 0 Å². The molecule has 0 spiro atoms. The van der Waals surface area contributed by atoms with Crippen molar-refractivity contribution in [3.8, 4) is 0 Å². The molecule has 7 heteroatoms. The van der Waals surface area contributed by atoms with Crippen LogP contribution in [0.25, 0.3) is 0 Å². The Balaban J connectivity index is 2.05. The summed E-state index contributed by atoms with van der Waals surface area (Å²) >= 11 is 0. The van der Waals surface area contributed by atoms with Crippen molar-refractivity contribution in [2.24, 2.45) is 0 Å². The molecule has 3 nitrogen and oxygen atoms in total. The van der Waals surface area contributed by atoms with Crippen molar-refractivity contribution < 1.29 is 21.6 Å². The Labute approximate surface area is 120 Å². The number of nitrogens with one attached hydrogen (secondary N) is 1. The second-order valence-electron chi connectivity index (χ2n) is 4.32. The van der Waals surface area contributed by atoms with E-state index in [9.17, 15) is 21.6 Å². The smallest absolute Gasteiger partial charge is 0.211 e. The van der Waals surface area contributed by atoms with Crippen molar-refractivity contribution in [2.75, 3.05) is 6.54 Å². The van der Waals surface area contributed by atoms with Gasteiger partial charge in [-0.25, -0.2) is 26.3 Å². The number of hydrogen-bond donors (Lipinski definition) is 1. The first-order chi connectivity index (χ1) is 9.90. The molecule has 2 aromatic carbocycles. The lowest BCUT2D eigenvalue weighted by Crippen LogP contribution is -2.26. The lowest BCUT2D eigenvalue weighted by atomic mass is 10.1. The van der Waals surface area contributed by atoms with E-state index in [-0.39, 0.29) is 17.9 Å². The summed E-state index contributed by atoms with van der Waals surface area (Å²) in [4.78, 5) is -0.380. The average molecular weight is 315 g/mol. The molecule has 21 heavy (non-hydrogen) atoms. The van der Waals surface area contributed by atoms with Gasteiger partial charge in [0.25, 0.3) is 0 Å². The van der Waals surface area contributed by atoms with Gasteiger partial charge in [-0.2, -0.15) is 0 Å². The topological polar surface area (TPSA) is 46.2 Å². The first-order valence-corrected chi connectivity index (χ1v) is 7.56. The third-order valence-corrected chi connectivity index (χ3v) is 4.30. The average Bonchev–Trinajstić information content (AvgIpc) is 2.44. The van der Waals surface area contributed by atoms with Crippen molar-refractivity contribution in [3.63, 3.8) is 0 Å². The molecule has 0 aromatic heterocycles. The molecule has 0 amide bonds. The lowest BCUT2D eigenvalue weighted by Gasteiger charge is -2.07. The fraction of sp³-hybridized carbons (Fsp3) is 0.143. The van der Waals surface area contributed by atoms with Crippen LogP contribution in [0.15, 0.2) is 47.4 Å². The van der Waals surface area contributed by atoms with Crippen LogP contribution in [0, 0.1) is 17.5 Å². The predicted octanol–water partition coefficient (Wildman–Crippen LogP) is 2.62. The highest BCUT2D eigenvalue weighted by atomic mass is 32.2. The normalized spacial score (nSPS) is 11.6. The molecule has 2 aromatic rings. The summed E-state index contributed by atoms with van der Waals surface area (Å²) in [5.41, 5.74) is 0.366. The minimum Gasteiger partial charge on any atom is -0.211 e. The summed E-state index contributed by atoms with van der Waals surface area (Å²) in [6.07, 6.45) is 0.148. The van der Waals surface area contributed by atoms with Crippen molar-refractivity contribution >= 4 is 10.0 Å². The highest BCUT2D eigenvalue weighted by molar-refractivity contribution is 7.89. The molecule has 0 radical (unpaired) electrons. The SMILES string of the molecule is O=S(=O)(NCCc1ccccc1F)c1ccc(F)c(F)c1. The van der Waals surface area contributed by atoms with Crippen LogP contribution in [0.2, 0.25) is 0 Å². The number of hydrogen-bond acceptors (Lipinski definition) is 2. The highest BCUT2D eigenvalue weighted by Crippen LogP contribution is 2.14. The van der Waals surface area contributed by atoms with Gasteiger partial charge in [-0.3, -0.25) is 0 Å². The van der Waals surface area contributed by atoms with Gasteiger partial charge in [-0.15, -0.1) is 0 Å². The number of rotatable bonds is 5. The van der Waals surface area contributed by atoms with Crippen molar-refractivity contribution in [1.82, 2.24) is 4.72 Å². The highest BCUT2D eigenvalue weighted by Gasteiger charge is 2.16. The standard InChI is InChI=1S/C14H12F3NO2S/c15-12-4-2-1-3-10(12)7-8-18-21(19,20)11-5-6-13(16)14(17)9-11/h1-6,9,18H,7-8H2. The summed E-state index contributed by atoms with van der Waals surface area (Å²) in [6.45, 7) is -0.0533. The van der Waals surface area contributed by atoms with Gasteiger partial charge in [0.1, 0.15) is 5.82 Å². The third kappa shape index (κ3) is 3.83. The Kier molecular flexibility index (Phi) is 4.64. The summed E-state index contributed by atoms with van der Waals surface area (Å²) in [5, 5.41) is 0. The summed E-state index contributed by atoms with van der Waals surface area (Å²) < 4.78 is 65.1. The molecule has 0 atom stereocenters. The fourth-order valence-electron chi connectivity index (χ4n) is 1.75. The maximum atomic E-state index is 13.4. The Morgan fingerprint density at radius 3 is 2.29 bits per heavy atom. The molecule has 0 bridgehead atoms. The zero-order chi connectivity index (χ0) is 15.5. The molecular weight excluding hydrogens is 303 g/mol. The molecule has 112 valence electrons. The third-order valence-electron chi connectivity index (χ3n) is 2.85. The zero-order valence-corrected chi connectivity index (χ0v) is 11.6. The van der Waals surface area contributed by atoms with Crippen molar-refractivity contribution in [1.29, 1.82) is 0 Å². The van der Waals surface area contributed by atoms with E-state index in [2.05, 4.69) is 4.72 Å². The van der Waals surface area contributed by atoms with Crippen LogP contribution in [-0.2, 0) is 16.4 Å². The Morgan fingerprint density at radius 2 is 1.62 bits per heavy atom. The van der Waals surface area contributed by atoms with E-state index in [0.29, 0.717) is 11.6 Å². The quantitative estimate of drug-likeness (QED) is 0.922. The summed E-state index contributed by atoms with van der Waals surface area (Å²) in [5.74, 6) is -2.79. The van der Waals surface area contributed by atoms with E-state index in [1.54, 1.807) is 12.1 Å². The van der Waals surface area contributed by atoms with Gasteiger partial charge in [0.2, 0.25) is 10.0 Å². The monoisotopic (exact) mass is 315 g/mol. The molecule has 2 rings (SSSR count). The van der Waals surface area contributed by atoms with E-state index in [1.165, 1.54) is 12.1 Å². The van der Waals surface area contributed by atoms with E-state index in [4.69, 9.17) is 0 Å². The first-order valence-electron chi connectivity index (χ1n) is 6.08. The van der Waals surface area contributed by atoms with Gasteiger partial charge in [-0.1, -0.05) is 18.2 Å². The fourth-order valence-corrected chi connectivity index (χ4v) is 2.79. The maximum Gasteiger partial charge on any atom is 0.240 e. The minimum absolute atomic E-state index is 0.0533. The van der Waals surface area contributed by atoms with Crippen LogP contribution in [0.3, 0.4) is 0 Å². The maximum absolute atomic E-state index is 13.4. The number of sulfonamides is 1. The van der Waals surface area contributed by atoms with E-state index < -0.39 is 27.5 Å². The molecule has 0 fully saturated rings. The molecule has 0 aliphatic rings. The first kappa shape index (κ1) is 15.5. The largest absolute Gasteiger partial charge is 0.240 e. The molecular formula is C14H12F3NO2S. The second-order valence-corrected chi connectivity index (χ2v) is 6.08. The van der Waals surface area contributed by atoms with E-state index >= 15 is 0 Å². The molecule has 0 saturated carbocycles.